The number of benzene rings is 1. The largest absolute Gasteiger partial charge is 0.423 e. The molecule has 0 aliphatic rings. The van der Waals surface area contributed by atoms with Crippen molar-refractivity contribution in [2.24, 2.45) is 0 Å². The Bertz CT molecular complexity index is 652. The first-order chi connectivity index (χ1) is 8.06. The number of fused-ring (bicyclic) bond motifs is 1. The van der Waals surface area contributed by atoms with Crippen LogP contribution in [0.4, 0.5) is 0 Å². The van der Waals surface area contributed by atoms with Gasteiger partial charge in [-0.15, -0.1) is 0 Å². The Balaban J connectivity index is 2.40. The highest BCUT2D eigenvalue weighted by Gasteiger charge is 2.06. The zero-order valence-electron chi connectivity index (χ0n) is 9.23. The Kier molecular flexibility index (Phi) is 2.78. The summed E-state index contributed by atoms with van der Waals surface area (Å²) in [6.07, 6.45) is 0. The number of hydrogen-bond donors (Lipinski definition) is 0. The second-order valence-corrected chi connectivity index (χ2v) is 3.62. The molecule has 0 unspecified atom stereocenters. The van der Waals surface area contributed by atoms with Gasteiger partial charge in [0.05, 0.1) is 0 Å². The van der Waals surface area contributed by atoms with E-state index in [1.54, 1.807) is 25.1 Å². The first kappa shape index (κ1) is 11.1. The highest BCUT2D eigenvalue weighted by Crippen LogP contribution is 2.19. The average molecular weight is 230 g/mol. The van der Waals surface area contributed by atoms with Crippen LogP contribution in [0, 0.1) is 0 Å². The van der Waals surface area contributed by atoms with Gasteiger partial charge in [-0.05, 0) is 25.1 Å². The van der Waals surface area contributed by atoms with Crippen LogP contribution in [0.2, 0.25) is 0 Å². The Morgan fingerprint density at radius 1 is 1.29 bits per heavy atom. The van der Waals surface area contributed by atoms with Crippen molar-refractivity contribution in [3.8, 4) is 5.75 Å². The fourth-order valence-corrected chi connectivity index (χ4v) is 1.30. The van der Waals surface area contributed by atoms with Crippen molar-refractivity contribution in [2.75, 3.05) is 0 Å². The van der Waals surface area contributed by atoms with E-state index < -0.39 is 11.6 Å². The van der Waals surface area contributed by atoms with Gasteiger partial charge in [0.1, 0.15) is 11.3 Å². The molecule has 0 fully saturated rings. The third-order valence-corrected chi connectivity index (χ3v) is 2.15. The van der Waals surface area contributed by atoms with Crippen molar-refractivity contribution in [1.82, 2.24) is 0 Å². The van der Waals surface area contributed by atoms with Crippen LogP contribution in [0.15, 0.2) is 51.7 Å². The first-order valence-corrected chi connectivity index (χ1v) is 4.98. The molecule has 4 heteroatoms. The molecule has 1 aromatic heterocycles. The van der Waals surface area contributed by atoms with E-state index in [2.05, 4.69) is 6.58 Å². The van der Waals surface area contributed by atoms with Crippen molar-refractivity contribution in [1.29, 1.82) is 0 Å². The van der Waals surface area contributed by atoms with Crippen LogP contribution in [0.1, 0.15) is 6.92 Å². The summed E-state index contributed by atoms with van der Waals surface area (Å²) in [6.45, 7) is 5.04. The molecule has 17 heavy (non-hydrogen) atoms. The van der Waals surface area contributed by atoms with E-state index in [1.165, 1.54) is 12.1 Å². The lowest BCUT2D eigenvalue weighted by Gasteiger charge is -2.04. The minimum absolute atomic E-state index is 0.305. The number of ether oxygens (including phenoxy) is 1. The quantitative estimate of drug-likeness (QED) is 0.343. The Labute approximate surface area is 97.1 Å². The molecule has 0 aliphatic carbocycles. The lowest BCUT2D eigenvalue weighted by molar-refractivity contribution is -0.130. The van der Waals surface area contributed by atoms with Gasteiger partial charge in [0.15, 0.2) is 0 Å². The number of rotatable bonds is 2. The van der Waals surface area contributed by atoms with Crippen molar-refractivity contribution in [3.05, 3.63) is 52.9 Å². The summed E-state index contributed by atoms with van der Waals surface area (Å²) >= 11 is 0. The van der Waals surface area contributed by atoms with E-state index in [9.17, 15) is 9.59 Å². The number of hydrogen-bond acceptors (Lipinski definition) is 4. The molecule has 0 bridgehead atoms. The van der Waals surface area contributed by atoms with Gasteiger partial charge in [0.25, 0.3) is 0 Å². The monoisotopic (exact) mass is 230 g/mol. The molecule has 1 aromatic carbocycles. The molecule has 0 aliphatic heterocycles. The molecule has 86 valence electrons. The molecule has 0 spiro atoms. The molecule has 0 N–H and O–H groups in total. The normalized spacial score (nSPS) is 10.2. The molecule has 0 atom stereocenters. The molecule has 4 nitrogen and oxygen atoms in total. The molecule has 0 radical (unpaired) electrons. The fraction of sp³-hybridized carbons (Fsp3) is 0.0769. The number of carbonyl (C=O) groups excluding carboxylic acids is 1. The molecule has 1 heterocycles. The summed E-state index contributed by atoms with van der Waals surface area (Å²) in [6, 6.07) is 7.81. The average Bonchev–Trinajstić information content (AvgIpc) is 2.28. The van der Waals surface area contributed by atoms with E-state index >= 15 is 0 Å². The highest BCUT2D eigenvalue weighted by molar-refractivity contribution is 5.89. The minimum Gasteiger partial charge on any atom is -0.423 e. The summed E-state index contributed by atoms with van der Waals surface area (Å²) < 4.78 is 10.00. The zero-order valence-corrected chi connectivity index (χ0v) is 9.23. The van der Waals surface area contributed by atoms with Crippen LogP contribution in [0.3, 0.4) is 0 Å². The van der Waals surface area contributed by atoms with Crippen molar-refractivity contribution >= 4 is 16.9 Å². The van der Waals surface area contributed by atoms with Gasteiger partial charge in [-0.25, -0.2) is 9.59 Å². The van der Waals surface area contributed by atoms with Gasteiger partial charge < -0.3 is 9.15 Å². The molecule has 0 amide bonds. The second kappa shape index (κ2) is 4.25. The summed E-state index contributed by atoms with van der Waals surface area (Å²) in [5.41, 5.74) is 0.241. The SMILES string of the molecule is C=C(C)C(=O)Oc1ccc2ccc(=O)oc2c1. The lowest BCUT2D eigenvalue weighted by atomic mass is 10.2. The van der Waals surface area contributed by atoms with E-state index in [-0.39, 0.29) is 0 Å². The molecular weight excluding hydrogens is 220 g/mol. The lowest BCUT2D eigenvalue weighted by Crippen LogP contribution is -2.08. The standard InChI is InChI=1S/C13H10O4/c1-8(2)13(15)16-10-5-3-9-4-6-12(14)17-11(9)7-10/h3-7H,1H2,2H3. The Morgan fingerprint density at radius 3 is 2.71 bits per heavy atom. The molecule has 2 rings (SSSR count). The molecular formula is C13H10O4. The van der Waals surface area contributed by atoms with Crippen molar-refractivity contribution < 1.29 is 13.9 Å². The Hall–Kier alpha value is -2.36. The summed E-state index contributed by atoms with van der Waals surface area (Å²) in [7, 11) is 0. The van der Waals surface area contributed by atoms with Gasteiger partial charge in [-0.1, -0.05) is 6.58 Å². The third-order valence-electron chi connectivity index (χ3n) is 2.15. The summed E-state index contributed by atoms with van der Waals surface area (Å²) in [5.74, 6) is -0.192. The predicted molar refractivity (Wildman–Crippen MR) is 62.9 cm³/mol. The first-order valence-electron chi connectivity index (χ1n) is 4.98. The third kappa shape index (κ3) is 2.42. The van der Waals surface area contributed by atoms with E-state index in [0.29, 0.717) is 16.9 Å². The molecule has 2 aromatic rings. The van der Waals surface area contributed by atoms with Crippen LogP contribution in [-0.4, -0.2) is 5.97 Å². The van der Waals surface area contributed by atoms with Gasteiger partial charge in [0.2, 0.25) is 0 Å². The topological polar surface area (TPSA) is 56.5 Å². The maximum atomic E-state index is 11.3. The van der Waals surface area contributed by atoms with E-state index in [1.807, 2.05) is 0 Å². The van der Waals surface area contributed by atoms with Gasteiger partial charge in [0, 0.05) is 23.1 Å². The second-order valence-electron chi connectivity index (χ2n) is 3.62. The smallest absolute Gasteiger partial charge is 0.338 e. The van der Waals surface area contributed by atoms with Crippen LogP contribution < -0.4 is 10.4 Å². The van der Waals surface area contributed by atoms with Gasteiger partial charge in [-0.2, -0.15) is 0 Å². The van der Waals surface area contributed by atoms with Crippen LogP contribution in [0.5, 0.6) is 5.75 Å². The van der Waals surface area contributed by atoms with Gasteiger partial charge >= 0.3 is 11.6 Å². The number of esters is 1. The number of carbonyl (C=O) groups is 1. The maximum Gasteiger partial charge on any atom is 0.338 e. The summed E-state index contributed by atoms with van der Waals surface area (Å²) in [5, 5.41) is 0.764. The molecule has 0 saturated carbocycles. The van der Waals surface area contributed by atoms with E-state index in [4.69, 9.17) is 9.15 Å². The van der Waals surface area contributed by atoms with Crippen LogP contribution in [-0.2, 0) is 4.79 Å². The van der Waals surface area contributed by atoms with Crippen molar-refractivity contribution in [3.63, 3.8) is 0 Å². The van der Waals surface area contributed by atoms with Gasteiger partial charge in [-0.3, -0.25) is 0 Å². The predicted octanol–water partition coefficient (Wildman–Crippen LogP) is 2.27. The highest BCUT2D eigenvalue weighted by atomic mass is 16.5. The van der Waals surface area contributed by atoms with Crippen LogP contribution in [0.25, 0.3) is 11.0 Å². The Morgan fingerprint density at radius 2 is 2.00 bits per heavy atom. The fourth-order valence-electron chi connectivity index (χ4n) is 1.30. The minimum atomic E-state index is -0.511. The zero-order chi connectivity index (χ0) is 12.4. The molecule has 0 saturated heterocycles. The summed E-state index contributed by atoms with van der Waals surface area (Å²) in [4.78, 5) is 22.3. The van der Waals surface area contributed by atoms with E-state index in [0.717, 1.165) is 5.39 Å². The van der Waals surface area contributed by atoms with Crippen LogP contribution >= 0.6 is 0 Å². The maximum absolute atomic E-state index is 11.3. The van der Waals surface area contributed by atoms with Crippen molar-refractivity contribution in [2.45, 2.75) is 6.92 Å².